The van der Waals surface area contributed by atoms with Gasteiger partial charge in [-0.25, -0.2) is 0 Å². The van der Waals surface area contributed by atoms with Crippen molar-refractivity contribution in [2.75, 3.05) is 4.90 Å². The molecule has 0 fully saturated rings. The normalized spacial score (nSPS) is 15.0. The Hall–Kier alpha value is -2.54. The molecule has 114 valence electrons. The molecule has 1 heterocycles. The molecule has 1 heteroatoms. The van der Waals surface area contributed by atoms with E-state index < -0.39 is 0 Å². The first-order valence-corrected chi connectivity index (χ1v) is 8.15. The van der Waals surface area contributed by atoms with Crippen molar-refractivity contribution in [1.82, 2.24) is 0 Å². The molecule has 0 bridgehead atoms. The van der Waals surface area contributed by atoms with Gasteiger partial charge in [0, 0.05) is 11.1 Å². The summed E-state index contributed by atoms with van der Waals surface area (Å²) in [6.45, 7) is 6.76. The lowest BCUT2D eigenvalue weighted by Crippen LogP contribution is -2.30. The fourth-order valence-electron chi connectivity index (χ4n) is 3.64. The maximum atomic E-state index is 2.38. The van der Waals surface area contributed by atoms with Crippen molar-refractivity contribution in [2.24, 2.45) is 0 Å². The van der Waals surface area contributed by atoms with E-state index in [1.807, 2.05) is 0 Å². The number of benzene rings is 3. The summed E-state index contributed by atoms with van der Waals surface area (Å²) in [7, 11) is 0. The molecule has 4 rings (SSSR count). The summed E-state index contributed by atoms with van der Waals surface area (Å²) in [5, 5.41) is 0. The monoisotopic (exact) mass is 299 g/mol. The lowest BCUT2D eigenvalue weighted by atomic mass is 9.73. The molecule has 0 amide bonds. The number of nitrogens with zero attached hydrogens (tertiary/aromatic N) is 1. The van der Waals surface area contributed by atoms with Crippen LogP contribution in [0.2, 0.25) is 0 Å². The van der Waals surface area contributed by atoms with Crippen LogP contribution in [0, 0.1) is 6.92 Å². The van der Waals surface area contributed by atoms with Gasteiger partial charge >= 0.3 is 0 Å². The molecule has 0 atom stereocenters. The van der Waals surface area contributed by atoms with Gasteiger partial charge in [-0.2, -0.15) is 0 Å². The molecule has 0 N–H and O–H groups in total. The number of fused-ring (bicyclic) bond motifs is 2. The second-order valence-electron chi connectivity index (χ2n) is 6.83. The number of aryl methyl sites for hydroxylation is 1. The van der Waals surface area contributed by atoms with Gasteiger partial charge in [0.25, 0.3) is 0 Å². The Labute approximate surface area is 138 Å². The second kappa shape index (κ2) is 4.99. The van der Waals surface area contributed by atoms with Gasteiger partial charge in [0.2, 0.25) is 0 Å². The fourth-order valence-corrected chi connectivity index (χ4v) is 3.64. The predicted molar refractivity (Wildman–Crippen MR) is 98.0 cm³/mol. The lowest BCUT2D eigenvalue weighted by Gasteiger charge is -2.42. The molecule has 1 aliphatic heterocycles. The number of rotatable bonds is 1. The number of anilines is 3. The molecule has 1 nitrogen and oxygen atoms in total. The summed E-state index contributed by atoms with van der Waals surface area (Å²) in [5.41, 5.74) is 7.81. The third-order valence-electron chi connectivity index (χ3n) is 4.93. The maximum Gasteiger partial charge on any atom is 0.0502 e. The Morgan fingerprint density at radius 3 is 1.65 bits per heavy atom. The molecule has 3 aromatic carbocycles. The zero-order valence-electron chi connectivity index (χ0n) is 13.9. The molecular weight excluding hydrogens is 278 g/mol. The van der Waals surface area contributed by atoms with E-state index in [1.165, 1.54) is 33.8 Å². The van der Waals surface area contributed by atoms with E-state index in [9.17, 15) is 0 Å². The Balaban J connectivity index is 2.02. The van der Waals surface area contributed by atoms with Gasteiger partial charge < -0.3 is 4.90 Å². The highest BCUT2D eigenvalue weighted by atomic mass is 15.2. The Kier molecular flexibility index (Phi) is 3.05. The van der Waals surface area contributed by atoms with Crippen LogP contribution in [-0.2, 0) is 5.41 Å². The van der Waals surface area contributed by atoms with Crippen LogP contribution in [0.3, 0.4) is 0 Å². The molecule has 0 unspecified atom stereocenters. The van der Waals surface area contributed by atoms with Crippen molar-refractivity contribution in [1.29, 1.82) is 0 Å². The highest BCUT2D eigenvalue weighted by molar-refractivity contribution is 5.85. The van der Waals surface area contributed by atoms with E-state index in [0.29, 0.717) is 0 Å². The number of hydrogen-bond acceptors (Lipinski definition) is 1. The smallest absolute Gasteiger partial charge is 0.0502 e. The zero-order chi connectivity index (χ0) is 16.0. The van der Waals surface area contributed by atoms with Crippen LogP contribution < -0.4 is 4.90 Å². The third kappa shape index (κ3) is 2.08. The number of para-hydroxylation sites is 2. The topological polar surface area (TPSA) is 3.24 Å². The molecule has 0 aliphatic carbocycles. The maximum absolute atomic E-state index is 2.38. The predicted octanol–water partition coefficient (Wildman–Crippen LogP) is 6.10. The second-order valence-corrected chi connectivity index (χ2v) is 6.83. The van der Waals surface area contributed by atoms with Crippen molar-refractivity contribution in [2.45, 2.75) is 26.2 Å². The molecule has 0 saturated heterocycles. The summed E-state index contributed by atoms with van der Waals surface area (Å²) in [5.74, 6) is 0. The van der Waals surface area contributed by atoms with Crippen molar-refractivity contribution in [3.8, 4) is 0 Å². The standard InChI is InChI=1S/C22H21N/c1-16-12-14-17(15-13-16)23-20-10-6-4-8-18(20)22(2,3)19-9-5-7-11-21(19)23/h4-15H,1-3H3. The van der Waals surface area contributed by atoms with Gasteiger partial charge in [0.05, 0.1) is 11.4 Å². The first-order chi connectivity index (χ1) is 11.1. The first kappa shape index (κ1) is 14.1. The SMILES string of the molecule is Cc1ccc(N2c3ccccc3C(C)(C)c3ccccc32)cc1. The minimum atomic E-state index is 0.00832. The van der Waals surface area contributed by atoms with E-state index >= 15 is 0 Å². The number of hydrogen-bond donors (Lipinski definition) is 0. The lowest BCUT2D eigenvalue weighted by molar-refractivity contribution is 0.632. The molecule has 0 saturated carbocycles. The minimum absolute atomic E-state index is 0.00832. The van der Waals surface area contributed by atoms with Crippen molar-refractivity contribution < 1.29 is 0 Å². The average Bonchev–Trinajstić information content (AvgIpc) is 2.57. The van der Waals surface area contributed by atoms with Crippen LogP contribution in [0.4, 0.5) is 17.1 Å². The van der Waals surface area contributed by atoms with Crippen LogP contribution in [0.1, 0.15) is 30.5 Å². The first-order valence-electron chi connectivity index (χ1n) is 8.15. The van der Waals surface area contributed by atoms with Gasteiger partial charge in [-0.15, -0.1) is 0 Å². The third-order valence-corrected chi connectivity index (χ3v) is 4.93. The van der Waals surface area contributed by atoms with Gasteiger partial charge in [-0.05, 0) is 42.3 Å². The van der Waals surface area contributed by atoms with Crippen LogP contribution in [0.25, 0.3) is 0 Å². The molecule has 3 aromatic rings. The summed E-state index contributed by atoms with van der Waals surface area (Å²) in [6, 6.07) is 26.3. The summed E-state index contributed by atoms with van der Waals surface area (Å²) >= 11 is 0. The van der Waals surface area contributed by atoms with E-state index in [4.69, 9.17) is 0 Å². The molecule has 23 heavy (non-hydrogen) atoms. The summed E-state index contributed by atoms with van der Waals surface area (Å²) in [4.78, 5) is 2.38. The molecule has 0 spiro atoms. The highest BCUT2D eigenvalue weighted by Crippen LogP contribution is 2.51. The summed E-state index contributed by atoms with van der Waals surface area (Å²) in [6.07, 6.45) is 0. The summed E-state index contributed by atoms with van der Waals surface area (Å²) < 4.78 is 0. The van der Waals surface area contributed by atoms with Crippen molar-refractivity contribution in [3.05, 3.63) is 89.5 Å². The molecule has 0 aromatic heterocycles. The van der Waals surface area contributed by atoms with Crippen LogP contribution in [-0.4, -0.2) is 0 Å². The quantitative estimate of drug-likeness (QED) is 0.524. The molecule has 0 radical (unpaired) electrons. The van der Waals surface area contributed by atoms with E-state index in [-0.39, 0.29) is 5.41 Å². The minimum Gasteiger partial charge on any atom is -0.310 e. The van der Waals surface area contributed by atoms with Crippen LogP contribution >= 0.6 is 0 Å². The van der Waals surface area contributed by atoms with E-state index in [1.54, 1.807) is 0 Å². The Morgan fingerprint density at radius 1 is 0.652 bits per heavy atom. The molecule has 1 aliphatic rings. The van der Waals surface area contributed by atoms with Gasteiger partial charge in [-0.3, -0.25) is 0 Å². The highest BCUT2D eigenvalue weighted by Gasteiger charge is 2.36. The Morgan fingerprint density at radius 2 is 1.13 bits per heavy atom. The van der Waals surface area contributed by atoms with E-state index in [2.05, 4.69) is 98.5 Å². The molecular formula is C22H21N. The average molecular weight is 299 g/mol. The van der Waals surface area contributed by atoms with Gasteiger partial charge in [0.15, 0.2) is 0 Å². The van der Waals surface area contributed by atoms with E-state index in [0.717, 1.165) is 0 Å². The van der Waals surface area contributed by atoms with Gasteiger partial charge in [-0.1, -0.05) is 67.9 Å². The Bertz CT molecular complexity index is 810. The van der Waals surface area contributed by atoms with Crippen molar-refractivity contribution >= 4 is 17.1 Å². The van der Waals surface area contributed by atoms with Crippen LogP contribution in [0.5, 0.6) is 0 Å². The largest absolute Gasteiger partial charge is 0.310 e. The fraction of sp³-hybridized carbons (Fsp3) is 0.182. The zero-order valence-corrected chi connectivity index (χ0v) is 13.9. The van der Waals surface area contributed by atoms with Crippen LogP contribution in [0.15, 0.2) is 72.8 Å². The van der Waals surface area contributed by atoms with Crippen molar-refractivity contribution in [3.63, 3.8) is 0 Å². The van der Waals surface area contributed by atoms with Gasteiger partial charge in [0.1, 0.15) is 0 Å².